The summed E-state index contributed by atoms with van der Waals surface area (Å²) >= 11 is 4.33. The fourth-order valence-electron chi connectivity index (χ4n) is 1.14. The molecule has 0 atom stereocenters. The molecule has 1 aliphatic heterocycles. The third kappa shape index (κ3) is 2.42. The molecule has 0 nitrogen and oxygen atoms in total. The van der Waals surface area contributed by atoms with E-state index in [-0.39, 0.29) is 6.33 Å². The maximum absolute atomic E-state index is 2.24. The minimum absolute atomic E-state index is 0.212. The largest absolute Gasteiger partial charge is 0.122 e. The molecule has 2 rings (SSSR count). The fourth-order valence-corrected chi connectivity index (χ4v) is 9.15. The van der Waals surface area contributed by atoms with E-state index in [0.29, 0.717) is 0 Å². The van der Waals surface area contributed by atoms with Crippen LogP contribution < -0.4 is 0 Å². The molecule has 1 heterocycles. The van der Waals surface area contributed by atoms with Crippen LogP contribution in [0, 0.1) is 0 Å². The van der Waals surface area contributed by atoms with Crippen LogP contribution in [-0.2, 0) is 6.16 Å². The number of hydrogen-bond donors (Lipinski definition) is 0. The molecule has 1 aliphatic rings. The topological polar surface area (TPSA) is 0 Å². The summed E-state index contributed by atoms with van der Waals surface area (Å²) in [6.45, 7) is 0. The smallest absolute Gasteiger partial charge is 0.0167 e. The van der Waals surface area contributed by atoms with E-state index in [0.717, 1.165) is 0 Å². The van der Waals surface area contributed by atoms with Gasteiger partial charge in [-0.1, -0.05) is 30.3 Å². The van der Waals surface area contributed by atoms with Crippen LogP contribution in [0.4, 0.5) is 0 Å². The first-order valence-electron chi connectivity index (χ1n) is 4.02. The van der Waals surface area contributed by atoms with Gasteiger partial charge in [0.05, 0.1) is 0 Å². The molecule has 3 heteroatoms. The van der Waals surface area contributed by atoms with Crippen LogP contribution in [0.5, 0.6) is 0 Å². The molecular formula is C9H11PS2. The number of hydrogen-bond acceptors (Lipinski definition) is 2. The highest BCUT2D eigenvalue weighted by Gasteiger charge is 2.15. The predicted octanol–water partition coefficient (Wildman–Crippen LogP) is 3.98. The highest BCUT2D eigenvalue weighted by Crippen LogP contribution is 2.67. The monoisotopic (exact) mass is 214 g/mol. The Balaban J connectivity index is 1.94. The van der Waals surface area contributed by atoms with E-state index in [1.54, 1.807) is 0 Å². The molecule has 1 fully saturated rings. The molecule has 0 bridgehead atoms. The molecule has 0 aliphatic carbocycles. The van der Waals surface area contributed by atoms with Gasteiger partial charge in [0.1, 0.15) is 0 Å². The lowest BCUT2D eigenvalue weighted by molar-refractivity contribution is 1.42. The second-order valence-corrected chi connectivity index (χ2v) is 9.84. The fraction of sp³-hybridized carbons (Fsp3) is 0.333. The summed E-state index contributed by atoms with van der Waals surface area (Å²) in [6.07, 6.45) is 1.51. The van der Waals surface area contributed by atoms with E-state index in [4.69, 9.17) is 0 Å². The summed E-state index contributed by atoms with van der Waals surface area (Å²) in [6, 6.07) is 10.8. The van der Waals surface area contributed by atoms with Gasteiger partial charge in [-0.05, 0) is 5.56 Å². The summed E-state index contributed by atoms with van der Waals surface area (Å²) < 4.78 is 0. The van der Waals surface area contributed by atoms with Crippen molar-refractivity contribution in [3.8, 4) is 0 Å². The minimum atomic E-state index is 0.212. The Labute approximate surface area is 82.8 Å². The second-order valence-electron chi connectivity index (χ2n) is 2.64. The Kier molecular flexibility index (Phi) is 3.38. The summed E-state index contributed by atoms with van der Waals surface area (Å²) in [5, 5.41) is 0. The van der Waals surface area contributed by atoms with Crippen molar-refractivity contribution in [2.45, 2.75) is 6.16 Å². The standard InChI is InChI=1S/C9H11PS2/c1-2-4-9(5-3-1)8-10-11-6-7-12-10/h1-5H,6-8H2. The van der Waals surface area contributed by atoms with Gasteiger partial charge in [-0.2, -0.15) is 0 Å². The third-order valence-corrected chi connectivity index (χ3v) is 9.43. The Hall–Kier alpha value is 0.350. The van der Waals surface area contributed by atoms with Gasteiger partial charge in [-0.3, -0.25) is 0 Å². The van der Waals surface area contributed by atoms with Crippen molar-refractivity contribution in [2.75, 3.05) is 11.5 Å². The van der Waals surface area contributed by atoms with Crippen LogP contribution in [0.25, 0.3) is 0 Å². The second kappa shape index (κ2) is 4.55. The van der Waals surface area contributed by atoms with Gasteiger partial charge in [0.15, 0.2) is 0 Å². The molecule has 0 amide bonds. The van der Waals surface area contributed by atoms with E-state index < -0.39 is 0 Å². The molecule has 0 unspecified atom stereocenters. The summed E-state index contributed by atoms with van der Waals surface area (Å²) in [4.78, 5) is 0. The van der Waals surface area contributed by atoms with Gasteiger partial charge in [0.25, 0.3) is 0 Å². The van der Waals surface area contributed by atoms with E-state index in [1.165, 1.54) is 23.2 Å². The van der Waals surface area contributed by atoms with Crippen LogP contribution in [-0.4, -0.2) is 11.5 Å². The van der Waals surface area contributed by atoms with E-state index >= 15 is 0 Å². The molecule has 12 heavy (non-hydrogen) atoms. The van der Waals surface area contributed by atoms with Gasteiger partial charge >= 0.3 is 0 Å². The summed E-state index contributed by atoms with van der Waals surface area (Å²) in [5.74, 6) is 2.73. The van der Waals surface area contributed by atoms with Gasteiger partial charge in [0.2, 0.25) is 0 Å². The summed E-state index contributed by atoms with van der Waals surface area (Å²) in [5.41, 5.74) is 1.51. The Morgan fingerprint density at radius 3 is 2.42 bits per heavy atom. The molecule has 1 aromatic carbocycles. The zero-order valence-electron chi connectivity index (χ0n) is 6.77. The Morgan fingerprint density at radius 1 is 1.08 bits per heavy atom. The third-order valence-electron chi connectivity index (χ3n) is 1.71. The normalized spacial score (nSPS) is 18.3. The van der Waals surface area contributed by atoms with Gasteiger partial charge < -0.3 is 0 Å². The average Bonchev–Trinajstić information content (AvgIpc) is 2.59. The molecule has 1 aromatic rings. The maximum Gasteiger partial charge on any atom is 0.0167 e. The van der Waals surface area contributed by atoms with Crippen LogP contribution in [0.1, 0.15) is 5.56 Å². The van der Waals surface area contributed by atoms with Crippen molar-refractivity contribution in [1.29, 1.82) is 0 Å². The highest BCUT2D eigenvalue weighted by molar-refractivity contribution is 8.89. The molecule has 0 radical (unpaired) electrons. The van der Waals surface area contributed by atoms with Crippen molar-refractivity contribution in [1.82, 2.24) is 0 Å². The lowest BCUT2D eigenvalue weighted by Gasteiger charge is -2.06. The van der Waals surface area contributed by atoms with E-state index in [1.807, 2.05) is 0 Å². The Morgan fingerprint density at radius 2 is 1.75 bits per heavy atom. The van der Waals surface area contributed by atoms with Crippen molar-refractivity contribution in [2.24, 2.45) is 0 Å². The van der Waals surface area contributed by atoms with Crippen molar-refractivity contribution in [3.63, 3.8) is 0 Å². The number of rotatable bonds is 2. The van der Waals surface area contributed by atoms with Crippen molar-refractivity contribution < 1.29 is 0 Å². The molecule has 0 saturated carbocycles. The molecule has 1 saturated heterocycles. The zero-order chi connectivity index (χ0) is 8.23. The summed E-state index contributed by atoms with van der Waals surface area (Å²) in [7, 11) is 0. The quantitative estimate of drug-likeness (QED) is 0.683. The lowest BCUT2D eigenvalue weighted by atomic mass is 10.2. The first-order valence-corrected chi connectivity index (χ1v) is 8.73. The van der Waals surface area contributed by atoms with Gasteiger partial charge in [-0.25, -0.2) is 0 Å². The van der Waals surface area contributed by atoms with Gasteiger partial charge in [0, 0.05) is 24.0 Å². The SMILES string of the molecule is c1ccc(CP2SCCS2)cc1. The molecular weight excluding hydrogens is 203 g/mol. The van der Waals surface area contributed by atoms with Crippen LogP contribution in [0.2, 0.25) is 0 Å². The molecule has 0 aromatic heterocycles. The predicted molar refractivity (Wildman–Crippen MR) is 62.0 cm³/mol. The zero-order valence-corrected chi connectivity index (χ0v) is 9.30. The molecule has 0 spiro atoms. The first kappa shape index (κ1) is 8.93. The van der Waals surface area contributed by atoms with Crippen molar-refractivity contribution >= 4 is 29.1 Å². The number of benzene rings is 1. The molecule has 64 valence electrons. The highest BCUT2D eigenvalue weighted by atomic mass is 33.1. The maximum atomic E-state index is 2.24. The van der Waals surface area contributed by atoms with Crippen molar-refractivity contribution in [3.05, 3.63) is 35.9 Å². The lowest BCUT2D eigenvalue weighted by Crippen LogP contribution is -1.76. The molecule has 0 N–H and O–H groups in total. The van der Waals surface area contributed by atoms with Crippen LogP contribution in [0.3, 0.4) is 0 Å². The average molecular weight is 214 g/mol. The minimum Gasteiger partial charge on any atom is -0.122 e. The van der Waals surface area contributed by atoms with Crippen LogP contribution in [0.15, 0.2) is 30.3 Å². The van der Waals surface area contributed by atoms with E-state index in [9.17, 15) is 0 Å². The first-order chi connectivity index (χ1) is 5.95. The Bertz CT molecular complexity index is 232. The van der Waals surface area contributed by atoms with Gasteiger partial charge in [-0.15, -0.1) is 22.8 Å². The van der Waals surface area contributed by atoms with Crippen LogP contribution >= 0.6 is 29.1 Å². The van der Waals surface area contributed by atoms with E-state index in [2.05, 4.69) is 53.1 Å².